The molecule has 1 aromatic carbocycles. The van der Waals surface area contributed by atoms with Crippen molar-refractivity contribution >= 4 is 12.4 Å². The third-order valence-electron chi connectivity index (χ3n) is 3.46. The molecule has 0 saturated carbocycles. The third-order valence-corrected chi connectivity index (χ3v) is 3.46. The molecule has 0 bridgehead atoms. The molecule has 18 heavy (non-hydrogen) atoms. The van der Waals surface area contributed by atoms with Crippen LogP contribution >= 0.6 is 12.4 Å². The Morgan fingerprint density at radius 1 is 1.22 bits per heavy atom. The summed E-state index contributed by atoms with van der Waals surface area (Å²) in [4.78, 5) is 0. The van der Waals surface area contributed by atoms with Gasteiger partial charge in [0.15, 0.2) is 0 Å². The van der Waals surface area contributed by atoms with Gasteiger partial charge >= 0.3 is 0 Å². The minimum absolute atomic E-state index is 0. The van der Waals surface area contributed by atoms with E-state index in [9.17, 15) is 0 Å². The smallest absolute Gasteiger partial charge is 0.122 e. The standard InChI is InChI=1S/C15H25NO.ClH/c1-5-11(3)14-10-12(9-13(16)6-2)7-8-15(14)17-4;/h7-8,10-11,13H,5-6,9,16H2,1-4H3;1H. The Bertz CT molecular complexity index is 354. The summed E-state index contributed by atoms with van der Waals surface area (Å²) in [6.07, 6.45) is 3.09. The molecule has 104 valence electrons. The lowest BCUT2D eigenvalue weighted by Gasteiger charge is -2.17. The first kappa shape index (κ1) is 17.3. The summed E-state index contributed by atoms with van der Waals surface area (Å²) >= 11 is 0. The molecule has 0 fully saturated rings. The fourth-order valence-corrected chi connectivity index (χ4v) is 1.96. The predicted octanol–water partition coefficient (Wildman–Crippen LogP) is 3.91. The van der Waals surface area contributed by atoms with Gasteiger partial charge < -0.3 is 10.5 Å². The summed E-state index contributed by atoms with van der Waals surface area (Å²) in [6.45, 7) is 6.57. The van der Waals surface area contributed by atoms with Gasteiger partial charge in [0.2, 0.25) is 0 Å². The molecule has 0 heterocycles. The fraction of sp³-hybridized carbons (Fsp3) is 0.600. The normalized spacial score (nSPS) is 13.6. The van der Waals surface area contributed by atoms with Crippen LogP contribution < -0.4 is 10.5 Å². The highest BCUT2D eigenvalue weighted by Crippen LogP contribution is 2.29. The molecule has 0 aromatic heterocycles. The van der Waals surface area contributed by atoms with Crippen molar-refractivity contribution in [1.29, 1.82) is 0 Å². The van der Waals surface area contributed by atoms with Crippen LogP contribution in [0.15, 0.2) is 18.2 Å². The molecular weight excluding hydrogens is 246 g/mol. The van der Waals surface area contributed by atoms with Crippen LogP contribution in [0.4, 0.5) is 0 Å². The van der Waals surface area contributed by atoms with Crippen molar-refractivity contribution in [1.82, 2.24) is 0 Å². The first-order valence-corrected chi connectivity index (χ1v) is 6.54. The van der Waals surface area contributed by atoms with Gasteiger partial charge in [0.05, 0.1) is 7.11 Å². The second-order valence-corrected chi connectivity index (χ2v) is 4.76. The average molecular weight is 272 g/mol. The maximum absolute atomic E-state index is 6.00. The zero-order valence-corrected chi connectivity index (χ0v) is 12.7. The van der Waals surface area contributed by atoms with Crippen molar-refractivity contribution in [2.75, 3.05) is 7.11 Å². The van der Waals surface area contributed by atoms with E-state index >= 15 is 0 Å². The van der Waals surface area contributed by atoms with Crippen molar-refractivity contribution in [3.05, 3.63) is 29.3 Å². The monoisotopic (exact) mass is 271 g/mol. The van der Waals surface area contributed by atoms with E-state index in [1.54, 1.807) is 7.11 Å². The van der Waals surface area contributed by atoms with Crippen molar-refractivity contribution in [2.24, 2.45) is 5.73 Å². The lowest BCUT2D eigenvalue weighted by Crippen LogP contribution is -2.21. The largest absolute Gasteiger partial charge is 0.496 e. The minimum atomic E-state index is 0. The molecule has 1 aromatic rings. The first-order valence-electron chi connectivity index (χ1n) is 6.54. The number of halogens is 1. The van der Waals surface area contributed by atoms with Crippen LogP contribution in [0.3, 0.4) is 0 Å². The number of hydrogen-bond acceptors (Lipinski definition) is 2. The number of nitrogens with two attached hydrogens (primary N) is 1. The van der Waals surface area contributed by atoms with E-state index in [-0.39, 0.29) is 18.4 Å². The Morgan fingerprint density at radius 3 is 2.39 bits per heavy atom. The van der Waals surface area contributed by atoms with Gasteiger partial charge in [-0.1, -0.05) is 32.9 Å². The fourth-order valence-electron chi connectivity index (χ4n) is 1.96. The molecule has 2 atom stereocenters. The maximum atomic E-state index is 6.00. The maximum Gasteiger partial charge on any atom is 0.122 e. The summed E-state index contributed by atoms with van der Waals surface area (Å²) in [5, 5.41) is 0. The molecule has 0 spiro atoms. The summed E-state index contributed by atoms with van der Waals surface area (Å²) in [5.41, 5.74) is 8.62. The Hall–Kier alpha value is -0.730. The van der Waals surface area contributed by atoms with Gasteiger partial charge in [0.1, 0.15) is 5.75 Å². The Balaban J connectivity index is 0.00000289. The van der Waals surface area contributed by atoms with Gasteiger partial charge in [-0.15, -0.1) is 12.4 Å². The van der Waals surface area contributed by atoms with Crippen LogP contribution in [0.5, 0.6) is 5.75 Å². The van der Waals surface area contributed by atoms with Crippen molar-refractivity contribution in [3.63, 3.8) is 0 Å². The van der Waals surface area contributed by atoms with Crippen molar-refractivity contribution < 1.29 is 4.74 Å². The highest BCUT2D eigenvalue weighted by molar-refractivity contribution is 5.85. The number of methoxy groups -OCH3 is 1. The molecule has 2 N–H and O–H groups in total. The van der Waals surface area contributed by atoms with Gasteiger partial charge in [-0.2, -0.15) is 0 Å². The van der Waals surface area contributed by atoms with E-state index in [1.807, 2.05) is 0 Å². The third kappa shape index (κ3) is 4.51. The number of rotatable bonds is 6. The zero-order valence-electron chi connectivity index (χ0n) is 11.9. The Labute approximate surface area is 117 Å². The molecular formula is C15H26ClNO. The lowest BCUT2D eigenvalue weighted by molar-refractivity contribution is 0.405. The molecule has 0 radical (unpaired) electrons. The van der Waals surface area contributed by atoms with Crippen LogP contribution in [-0.2, 0) is 6.42 Å². The number of benzene rings is 1. The van der Waals surface area contributed by atoms with Crippen LogP contribution in [-0.4, -0.2) is 13.2 Å². The average Bonchev–Trinajstić information content (AvgIpc) is 2.37. The van der Waals surface area contributed by atoms with Gasteiger partial charge in [0, 0.05) is 6.04 Å². The minimum Gasteiger partial charge on any atom is -0.496 e. The van der Waals surface area contributed by atoms with Gasteiger partial charge in [-0.3, -0.25) is 0 Å². The number of ether oxygens (including phenoxy) is 1. The molecule has 2 nitrogen and oxygen atoms in total. The van der Waals surface area contributed by atoms with Gasteiger partial charge in [0.25, 0.3) is 0 Å². The highest BCUT2D eigenvalue weighted by atomic mass is 35.5. The summed E-state index contributed by atoms with van der Waals surface area (Å²) in [6, 6.07) is 6.70. The summed E-state index contributed by atoms with van der Waals surface area (Å²) in [5.74, 6) is 1.52. The predicted molar refractivity (Wildman–Crippen MR) is 80.9 cm³/mol. The van der Waals surface area contributed by atoms with Crippen LogP contribution in [0, 0.1) is 0 Å². The van der Waals surface area contributed by atoms with E-state index in [1.165, 1.54) is 11.1 Å². The van der Waals surface area contributed by atoms with E-state index < -0.39 is 0 Å². The molecule has 3 heteroatoms. The SMILES string of the molecule is CCC(N)Cc1ccc(OC)c(C(C)CC)c1.Cl. The Morgan fingerprint density at radius 2 is 1.89 bits per heavy atom. The molecule has 0 aliphatic rings. The van der Waals surface area contributed by atoms with Crippen LogP contribution in [0.2, 0.25) is 0 Å². The second-order valence-electron chi connectivity index (χ2n) is 4.76. The van der Waals surface area contributed by atoms with Crippen molar-refractivity contribution in [2.45, 2.75) is 52.0 Å². The molecule has 2 unspecified atom stereocenters. The second kappa shape index (κ2) is 8.39. The van der Waals surface area contributed by atoms with E-state index in [4.69, 9.17) is 10.5 Å². The van der Waals surface area contributed by atoms with E-state index in [2.05, 4.69) is 39.0 Å². The van der Waals surface area contributed by atoms with Gasteiger partial charge in [-0.05, 0) is 42.4 Å². The molecule has 0 aliphatic heterocycles. The lowest BCUT2D eigenvalue weighted by atomic mass is 9.93. The first-order chi connectivity index (χ1) is 8.12. The molecule has 0 amide bonds. The molecule has 0 saturated heterocycles. The van der Waals surface area contributed by atoms with Crippen LogP contribution in [0.25, 0.3) is 0 Å². The number of hydrogen-bond donors (Lipinski definition) is 1. The molecule has 1 rings (SSSR count). The highest BCUT2D eigenvalue weighted by Gasteiger charge is 2.11. The summed E-state index contributed by atoms with van der Waals surface area (Å²) in [7, 11) is 1.73. The topological polar surface area (TPSA) is 35.2 Å². The van der Waals surface area contributed by atoms with Crippen LogP contribution in [0.1, 0.15) is 50.7 Å². The van der Waals surface area contributed by atoms with Gasteiger partial charge in [-0.25, -0.2) is 0 Å². The molecule has 0 aliphatic carbocycles. The van der Waals surface area contributed by atoms with E-state index in [0.717, 1.165) is 25.0 Å². The zero-order chi connectivity index (χ0) is 12.8. The van der Waals surface area contributed by atoms with E-state index in [0.29, 0.717) is 5.92 Å². The summed E-state index contributed by atoms with van der Waals surface area (Å²) < 4.78 is 5.42. The Kier molecular flexibility index (Phi) is 8.05. The quantitative estimate of drug-likeness (QED) is 0.851. The van der Waals surface area contributed by atoms with Crippen molar-refractivity contribution in [3.8, 4) is 5.75 Å².